The fourth-order valence-electron chi connectivity index (χ4n) is 1.96. The summed E-state index contributed by atoms with van der Waals surface area (Å²) < 4.78 is 1.92. The Morgan fingerprint density at radius 3 is 2.94 bits per heavy atom. The number of imidazole rings is 1. The largest absolute Gasteiger partial charge is 0.481 e. The van der Waals surface area contributed by atoms with Crippen molar-refractivity contribution in [3.63, 3.8) is 0 Å². The minimum absolute atomic E-state index is 0.0135. The van der Waals surface area contributed by atoms with Crippen molar-refractivity contribution in [3.05, 3.63) is 35.8 Å². The summed E-state index contributed by atoms with van der Waals surface area (Å²) in [7, 11) is 0. The van der Waals surface area contributed by atoms with Crippen LogP contribution < -0.4 is 0 Å². The SMILES string of the molecule is O=C(O)Cc1cn2cc(C3CC3)ccc2n1. The number of fused-ring (bicyclic) bond motifs is 1. The van der Waals surface area contributed by atoms with E-state index in [-0.39, 0.29) is 6.42 Å². The first kappa shape index (κ1) is 9.39. The molecular formula is C12H12N2O2. The van der Waals surface area contributed by atoms with Crippen molar-refractivity contribution in [2.45, 2.75) is 25.2 Å². The van der Waals surface area contributed by atoms with Gasteiger partial charge < -0.3 is 9.51 Å². The Labute approximate surface area is 92.5 Å². The number of pyridine rings is 1. The molecule has 1 fully saturated rings. The highest BCUT2D eigenvalue weighted by Crippen LogP contribution is 2.39. The molecule has 2 aromatic rings. The summed E-state index contributed by atoms with van der Waals surface area (Å²) in [6.07, 6.45) is 6.38. The molecule has 82 valence electrons. The monoisotopic (exact) mass is 216 g/mol. The Kier molecular flexibility index (Phi) is 1.96. The highest BCUT2D eigenvalue weighted by Gasteiger charge is 2.23. The van der Waals surface area contributed by atoms with Gasteiger partial charge in [0.1, 0.15) is 5.65 Å². The van der Waals surface area contributed by atoms with Gasteiger partial charge in [-0.2, -0.15) is 0 Å². The van der Waals surface area contributed by atoms with Gasteiger partial charge in [-0.15, -0.1) is 0 Å². The quantitative estimate of drug-likeness (QED) is 0.851. The van der Waals surface area contributed by atoms with E-state index in [0.717, 1.165) is 5.65 Å². The van der Waals surface area contributed by atoms with E-state index < -0.39 is 5.97 Å². The van der Waals surface area contributed by atoms with Crippen molar-refractivity contribution in [3.8, 4) is 0 Å². The molecule has 0 saturated heterocycles. The van der Waals surface area contributed by atoms with Crippen molar-refractivity contribution in [1.29, 1.82) is 0 Å². The molecule has 4 heteroatoms. The number of rotatable bonds is 3. The molecule has 0 atom stereocenters. The normalized spacial score (nSPS) is 15.5. The second-order valence-electron chi connectivity index (χ2n) is 4.30. The smallest absolute Gasteiger partial charge is 0.309 e. The first-order chi connectivity index (χ1) is 7.72. The molecule has 4 nitrogen and oxygen atoms in total. The average molecular weight is 216 g/mol. The molecule has 2 aromatic heterocycles. The van der Waals surface area contributed by atoms with E-state index in [9.17, 15) is 4.79 Å². The van der Waals surface area contributed by atoms with E-state index in [0.29, 0.717) is 11.6 Å². The summed E-state index contributed by atoms with van der Waals surface area (Å²) in [5, 5.41) is 8.70. The molecule has 0 radical (unpaired) electrons. The van der Waals surface area contributed by atoms with Crippen molar-refractivity contribution in [2.24, 2.45) is 0 Å². The predicted molar refractivity (Wildman–Crippen MR) is 58.5 cm³/mol. The van der Waals surface area contributed by atoms with E-state index in [2.05, 4.69) is 17.2 Å². The number of carboxylic acid groups (broad SMARTS) is 1. The van der Waals surface area contributed by atoms with Crippen LogP contribution in [0.4, 0.5) is 0 Å². The molecule has 1 aliphatic carbocycles. The third kappa shape index (κ3) is 1.66. The molecule has 0 unspecified atom stereocenters. The highest BCUT2D eigenvalue weighted by molar-refractivity contribution is 5.69. The van der Waals surface area contributed by atoms with Crippen molar-refractivity contribution < 1.29 is 9.90 Å². The summed E-state index contributed by atoms with van der Waals surface area (Å²) in [5.74, 6) is -0.138. The maximum Gasteiger partial charge on any atom is 0.309 e. The topological polar surface area (TPSA) is 54.6 Å². The lowest BCUT2D eigenvalue weighted by Crippen LogP contribution is -1.99. The lowest BCUT2D eigenvalue weighted by Gasteiger charge is -1.98. The van der Waals surface area contributed by atoms with Crippen LogP contribution in [0.3, 0.4) is 0 Å². The Morgan fingerprint density at radius 1 is 1.44 bits per heavy atom. The van der Waals surface area contributed by atoms with Crippen LogP contribution in [0, 0.1) is 0 Å². The van der Waals surface area contributed by atoms with Gasteiger partial charge in [-0.25, -0.2) is 4.98 Å². The molecule has 0 spiro atoms. The van der Waals surface area contributed by atoms with Gasteiger partial charge >= 0.3 is 5.97 Å². The van der Waals surface area contributed by atoms with Crippen LogP contribution in [0.5, 0.6) is 0 Å². The Balaban J connectivity index is 1.99. The minimum atomic E-state index is -0.842. The zero-order valence-corrected chi connectivity index (χ0v) is 8.76. The van der Waals surface area contributed by atoms with Crippen LogP contribution in [-0.2, 0) is 11.2 Å². The van der Waals surface area contributed by atoms with Gasteiger partial charge in [0, 0.05) is 12.4 Å². The predicted octanol–water partition coefficient (Wildman–Crippen LogP) is 1.84. The number of hydrogen-bond acceptors (Lipinski definition) is 2. The average Bonchev–Trinajstić information content (AvgIpc) is 2.98. The van der Waals surface area contributed by atoms with Gasteiger partial charge in [0.2, 0.25) is 0 Å². The van der Waals surface area contributed by atoms with Crippen LogP contribution in [0.15, 0.2) is 24.5 Å². The molecule has 0 aromatic carbocycles. The number of hydrogen-bond donors (Lipinski definition) is 1. The summed E-state index contributed by atoms with van der Waals surface area (Å²) >= 11 is 0. The first-order valence-electron chi connectivity index (χ1n) is 5.42. The van der Waals surface area contributed by atoms with Crippen LogP contribution in [0.25, 0.3) is 5.65 Å². The van der Waals surface area contributed by atoms with Gasteiger partial charge in [-0.05, 0) is 30.4 Å². The van der Waals surface area contributed by atoms with Crippen LogP contribution in [0.1, 0.15) is 30.0 Å². The fourth-order valence-corrected chi connectivity index (χ4v) is 1.96. The Hall–Kier alpha value is -1.84. The standard InChI is InChI=1S/C12H12N2O2/c15-12(16)5-10-7-14-6-9(8-1-2-8)3-4-11(14)13-10/h3-4,6-8H,1-2,5H2,(H,15,16). The highest BCUT2D eigenvalue weighted by atomic mass is 16.4. The number of aliphatic carboxylic acids is 1. The molecule has 0 bridgehead atoms. The molecule has 1 aliphatic rings. The van der Waals surface area contributed by atoms with Gasteiger partial charge in [0.25, 0.3) is 0 Å². The molecule has 0 amide bonds. The van der Waals surface area contributed by atoms with E-state index in [1.165, 1.54) is 18.4 Å². The molecule has 3 rings (SSSR count). The van der Waals surface area contributed by atoms with Crippen molar-refractivity contribution >= 4 is 11.6 Å². The Bertz CT molecular complexity index is 555. The van der Waals surface area contributed by atoms with Crippen molar-refractivity contribution in [2.75, 3.05) is 0 Å². The molecule has 16 heavy (non-hydrogen) atoms. The van der Waals surface area contributed by atoms with E-state index in [4.69, 9.17) is 5.11 Å². The number of carboxylic acids is 1. The summed E-state index contributed by atoms with van der Waals surface area (Å²) in [6.45, 7) is 0. The Morgan fingerprint density at radius 2 is 2.25 bits per heavy atom. The lowest BCUT2D eigenvalue weighted by molar-refractivity contribution is -0.136. The van der Waals surface area contributed by atoms with Gasteiger partial charge in [0.15, 0.2) is 0 Å². The van der Waals surface area contributed by atoms with Gasteiger partial charge in [0.05, 0.1) is 12.1 Å². The van der Waals surface area contributed by atoms with E-state index in [1.54, 1.807) is 6.20 Å². The van der Waals surface area contributed by atoms with Crippen LogP contribution in [0.2, 0.25) is 0 Å². The molecule has 1 saturated carbocycles. The maximum absolute atomic E-state index is 10.6. The summed E-state index contributed by atoms with van der Waals surface area (Å²) in [6, 6.07) is 4.05. The van der Waals surface area contributed by atoms with E-state index >= 15 is 0 Å². The fraction of sp³-hybridized carbons (Fsp3) is 0.333. The zero-order valence-electron chi connectivity index (χ0n) is 8.76. The third-order valence-electron chi connectivity index (χ3n) is 2.90. The summed E-state index contributed by atoms with van der Waals surface area (Å²) in [5.41, 5.74) is 2.76. The minimum Gasteiger partial charge on any atom is -0.481 e. The molecule has 2 heterocycles. The number of carbonyl (C=O) groups is 1. The van der Waals surface area contributed by atoms with Crippen molar-refractivity contribution in [1.82, 2.24) is 9.38 Å². The zero-order chi connectivity index (χ0) is 11.1. The molecule has 1 N–H and O–H groups in total. The van der Waals surface area contributed by atoms with Gasteiger partial charge in [-0.3, -0.25) is 4.79 Å². The van der Waals surface area contributed by atoms with Crippen LogP contribution in [-0.4, -0.2) is 20.5 Å². The van der Waals surface area contributed by atoms with Gasteiger partial charge in [-0.1, -0.05) is 6.07 Å². The van der Waals surface area contributed by atoms with Crippen LogP contribution >= 0.6 is 0 Å². The molecular weight excluding hydrogens is 204 g/mol. The second-order valence-corrected chi connectivity index (χ2v) is 4.30. The second kappa shape index (κ2) is 3.33. The number of aromatic nitrogens is 2. The number of nitrogens with zero attached hydrogens (tertiary/aromatic N) is 2. The molecule has 0 aliphatic heterocycles. The lowest BCUT2D eigenvalue weighted by atomic mass is 10.2. The summed E-state index contributed by atoms with van der Waals surface area (Å²) in [4.78, 5) is 14.8. The first-order valence-corrected chi connectivity index (χ1v) is 5.42. The maximum atomic E-state index is 10.6. The van der Waals surface area contributed by atoms with E-state index in [1.807, 2.05) is 10.5 Å². The third-order valence-corrected chi connectivity index (χ3v) is 2.90.